The van der Waals surface area contributed by atoms with E-state index in [-0.39, 0.29) is 18.4 Å². The molecule has 0 saturated heterocycles. The van der Waals surface area contributed by atoms with E-state index in [0.717, 1.165) is 15.9 Å². The van der Waals surface area contributed by atoms with Crippen molar-refractivity contribution in [1.82, 2.24) is 15.1 Å². The Kier molecular flexibility index (Phi) is 4.97. The summed E-state index contributed by atoms with van der Waals surface area (Å²) in [5.74, 6) is -0.585. The number of rotatable bonds is 4. The smallest absolute Gasteiger partial charge is 0.251 e. The van der Waals surface area contributed by atoms with Crippen molar-refractivity contribution in [3.8, 4) is 0 Å². The predicted octanol–water partition coefficient (Wildman–Crippen LogP) is 2.17. The van der Waals surface area contributed by atoms with Crippen molar-refractivity contribution in [3.05, 3.63) is 45.7 Å². The molecule has 22 heavy (non-hydrogen) atoms. The number of nitrogens with one attached hydrogen (secondary N) is 2. The van der Waals surface area contributed by atoms with Crippen molar-refractivity contribution in [3.63, 3.8) is 0 Å². The van der Waals surface area contributed by atoms with E-state index in [0.29, 0.717) is 11.3 Å². The molecular formula is C15H17BrN4O2. The van der Waals surface area contributed by atoms with Gasteiger partial charge in [-0.15, -0.1) is 0 Å². The summed E-state index contributed by atoms with van der Waals surface area (Å²) in [6.45, 7) is 3.59. The normalized spacial score (nSPS) is 10.4. The fourth-order valence-corrected chi connectivity index (χ4v) is 2.43. The van der Waals surface area contributed by atoms with Gasteiger partial charge in [-0.1, -0.05) is 22.0 Å². The molecule has 0 unspecified atom stereocenters. The molecule has 6 nitrogen and oxygen atoms in total. The highest BCUT2D eigenvalue weighted by Gasteiger charge is 2.13. The molecule has 0 atom stereocenters. The Hall–Kier alpha value is -2.15. The lowest BCUT2D eigenvalue weighted by molar-refractivity contribution is -0.115. The lowest BCUT2D eigenvalue weighted by Gasteiger charge is -2.07. The monoisotopic (exact) mass is 364 g/mol. The Morgan fingerprint density at radius 3 is 2.64 bits per heavy atom. The molecule has 0 radical (unpaired) electrons. The molecule has 1 aromatic heterocycles. The number of benzene rings is 1. The number of aryl methyl sites for hydroxylation is 2. The summed E-state index contributed by atoms with van der Waals surface area (Å²) in [5.41, 5.74) is 2.79. The van der Waals surface area contributed by atoms with Crippen LogP contribution in [0, 0.1) is 13.8 Å². The second-order valence-corrected chi connectivity index (χ2v) is 5.83. The fourth-order valence-electron chi connectivity index (χ4n) is 2.03. The average Bonchev–Trinajstić information content (AvgIpc) is 2.71. The van der Waals surface area contributed by atoms with E-state index in [1.807, 2.05) is 27.0 Å². The maximum atomic E-state index is 12.0. The van der Waals surface area contributed by atoms with E-state index in [1.165, 1.54) is 0 Å². The third kappa shape index (κ3) is 3.73. The van der Waals surface area contributed by atoms with E-state index < -0.39 is 0 Å². The molecular weight excluding hydrogens is 348 g/mol. The maximum Gasteiger partial charge on any atom is 0.251 e. The summed E-state index contributed by atoms with van der Waals surface area (Å²) >= 11 is 3.30. The maximum absolute atomic E-state index is 12.0. The Balaban J connectivity index is 1.94. The Morgan fingerprint density at radius 1 is 1.32 bits per heavy atom. The first-order chi connectivity index (χ1) is 10.4. The van der Waals surface area contributed by atoms with Crippen LogP contribution < -0.4 is 10.6 Å². The van der Waals surface area contributed by atoms with Crippen molar-refractivity contribution < 1.29 is 9.59 Å². The largest absolute Gasteiger partial charge is 0.343 e. The van der Waals surface area contributed by atoms with Crippen molar-refractivity contribution in [2.75, 3.05) is 11.9 Å². The SMILES string of the molecule is Cc1nn(C)c(C)c1NC(=O)CNC(=O)c1cccc(Br)c1. The molecule has 116 valence electrons. The number of nitrogens with zero attached hydrogens (tertiary/aromatic N) is 2. The molecule has 2 rings (SSSR count). The van der Waals surface area contributed by atoms with Crippen molar-refractivity contribution in [2.45, 2.75) is 13.8 Å². The van der Waals surface area contributed by atoms with Crippen LogP contribution in [0.15, 0.2) is 28.7 Å². The van der Waals surface area contributed by atoms with Crippen LogP contribution in [0.2, 0.25) is 0 Å². The zero-order valence-electron chi connectivity index (χ0n) is 12.6. The van der Waals surface area contributed by atoms with Gasteiger partial charge in [0.1, 0.15) is 0 Å². The highest BCUT2D eigenvalue weighted by molar-refractivity contribution is 9.10. The summed E-state index contributed by atoms with van der Waals surface area (Å²) in [7, 11) is 1.81. The standard InChI is InChI=1S/C15H17BrN4O2/c1-9-14(10(2)20(3)19-9)18-13(21)8-17-15(22)11-5-4-6-12(16)7-11/h4-7H,8H2,1-3H3,(H,17,22)(H,18,21). The van der Waals surface area contributed by atoms with Crippen LogP contribution in [0.4, 0.5) is 5.69 Å². The van der Waals surface area contributed by atoms with Gasteiger partial charge in [-0.3, -0.25) is 14.3 Å². The highest BCUT2D eigenvalue weighted by atomic mass is 79.9. The molecule has 1 heterocycles. The van der Waals surface area contributed by atoms with Gasteiger partial charge in [0, 0.05) is 17.1 Å². The van der Waals surface area contributed by atoms with Crippen LogP contribution in [0.5, 0.6) is 0 Å². The Bertz CT molecular complexity index is 724. The average molecular weight is 365 g/mol. The van der Waals surface area contributed by atoms with Crippen LogP contribution in [-0.4, -0.2) is 28.1 Å². The number of anilines is 1. The molecule has 0 spiro atoms. The molecule has 2 amide bonds. The van der Waals surface area contributed by atoms with Crippen LogP contribution in [0.25, 0.3) is 0 Å². The number of hydrogen-bond acceptors (Lipinski definition) is 3. The lowest BCUT2D eigenvalue weighted by atomic mass is 10.2. The topological polar surface area (TPSA) is 76.0 Å². The first kappa shape index (κ1) is 16.2. The van der Waals surface area contributed by atoms with Gasteiger partial charge in [0.15, 0.2) is 0 Å². The van der Waals surface area contributed by atoms with Gasteiger partial charge in [-0.25, -0.2) is 0 Å². The van der Waals surface area contributed by atoms with Gasteiger partial charge in [-0.05, 0) is 32.0 Å². The van der Waals surface area contributed by atoms with Crippen LogP contribution >= 0.6 is 15.9 Å². The van der Waals surface area contributed by atoms with E-state index in [4.69, 9.17) is 0 Å². The minimum absolute atomic E-state index is 0.0981. The molecule has 2 N–H and O–H groups in total. The Morgan fingerprint density at radius 2 is 2.05 bits per heavy atom. The van der Waals surface area contributed by atoms with Gasteiger partial charge < -0.3 is 10.6 Å². The van der Waals surface area contributed by atoms with E-state index >= 15 is 0 Å². The lowest BCUT2D eigenvalue weighted by Crippen LogP contribution is -2.33. The second-order valence-electron chi connectivity index (χ2n) is 4.91. The predicted molar refractivity (Wildman–Crippen MR) is 87.8 cm³/mol. The molecule has 0 saturated carbocycles. The zero-order valence-corrected chi connectivity index (χ0v) is 14.2. The van der Waals surface area contributed by atoms with Crippen molar-refractivity contribution in [1.29, 1.82) is 0 Å². The Labute approximate surface area is 137 Å². The number of hydrogen-bond donors (Lipinski definition) is 2. The summed E-state index contributed by atoms with van der Waals surface area (Å²) in [4.78, 5) is 23.9. The molecule has 7 heteroatoms. The third-order valence-electron chi connectivity index (χ3n) is 3.27. The molecule has 2 aromatic rings. The molecule has 0 aliphatic carbocycles. The van der Waals surface area contributed by atoms with Crippen LogP contribution in [-0.2, 0) is 11.8 Å². The van der Waals surface area contributed by atoms with Gasteiger partial charge in [0.05, 0.1) is 23.6 Å². The molecule has 0 aliphatic heterocycles. The van der Waals surface area contributed by atoms with E-state index in [1.54, 1.807) is 22.9 Å². The third-order valence-corrected chi connectivity index (χ3v) is 3.76. The second kappa shape index (κ2) is 6.74. The first-order valence-electron chi connectivity index (χ1n) is 6.72. The van der Waals surface area contributed by atoms with Crippen LogP contribution in [0.3, 0.4) is 0 Å². The fraction of sp³-hybridized carbons (Fsp3) is 0.267. The summed E-state index contributed by atoms with van der Waals surface area (Å²) in [6.07, 6.45) is 0. The van der Waals surface area contributed by atoms with Crippen molar-refractivity contribution in [2.24, 2.45) is 7.05 Å². The van der Waals surface area contributed by atoms with E-state index in [9.17, 15) is 9.59 Å². The number of carbonyl (C=O) groups excluding carboxylic acids is 2. The van der Waals surface area contributed by atoms with Gasteiger partial charge in [0.2, 0.25) is 5.91 Å². The molecule has 0 bridgehead atoms. The quantitative estimate of drug-likeness (QED) is 0.872. The van der Waals surface area contributed by atoms with Crippen LogP contribution in [0.1, 0.15) is 21.7 Å². The minimum Gasteiger partial charge on any atom is -0.343 e. The number of aromatic nitrogens is 2. The molecule has 0 aliphatic rings. The summed E-state index contributed by atoms with van der Waals surface area (Å²) in [5, 5.41) is 9.59. The first-order valence-corrected chi connectivity index (χ1v) is 7.51. The summed E-state index contributed by atoms with van der Waals surface area (Å²) in [6, 6.07) is 6.98. The number of amides is 2. The number of halogens is 1. The zero-order chi connectivity index (χ0) is 16.3. The van der Waals surface area contributed by atoms with Gasteiger partial charge in [-0.2, -0.15) is 5.10 Å². The van der Waals surface area contributed by atoms with Gasteiger partial charge in [0.25, 0.3) is 5.91 Å². The number of carbonyl (C=O) groups is 2. The molecule has 1 aromatic carbocycles. The minimum atomic E-state index is -0.295. The van der Waals surface area contributed by atoms with Crippen molar-refractivity contribution >= 4 is 33.4 Å². The van der Waals surface area contributed by atoms with E-state index in [2.05, 4.69) is 31.7 Å². The molecule has 0 fully saturated rings. The van der Waals surface area contributed by atoms with Gasteiger partial charge >= 0.3 is 0 Å². The summed E-state index contributed by atoms with van der Waals surface area (Å²) < 4.78 is 2.51. The highest BCUT2D eigenvalue weighted by Crippen LogP contribution is 2.17.